The molecule has 1 heterocycles. The number of nitrogens with one attached hydrogen (secondary N) is 1. The molecule has 0 aromatic rings. The van der Waals surface area contributed by atoms with Crippen LogP contribution in [0.3, 0.4) is 0 Å². The lowest BCUT2D eigenvalue weighted by Crippen LogP contribution is -2.56. The van der Waals surface area contributed by atoms with E-state index in [1.54, 1.807) is 0 Å². The molecule has 128 valence electrons. The molecule has 2 aliphatic rings. The normalized spacial score (nSPS) is 34.4. The first kappa shape index (κ1) is 17.7. The van der Waals surface area contributed by atoms with Gasteiger partial charge in [-0.1, -0.05) is 20.3 Å². The van der Waals surface area contributed by atoms with Crippen molar-refractivity contribution in [1.29, 1.82) is 0 Å². The van der Waals surface area contributed by atoms with Crippen molar-refractivity contribution in [2.45, 2.75) is 71.4 Å². The third-order valence-corrected chi connectivity index (χ3v) is 5.51. The molecule has 4 atom stereocenters. The highest BCUT2D eigenvalue weighted by molar-refractivity contribution is 5.78. The summed E-state index contributed by atoms with van der Waals surface area (Å²) in [6.45, 7) is 12.2. The molecule has 0 bridgehead atoms. The Labute approximate surface area is 136 Å². The number of carbonyl (C=O) groups excluding carboxylic acids is 1. The number of amides is 1. The van der Waals surface area contributed by atoms with Gasteiger partial charge in [0.15, 0.2) is 0 Å². The van der Waals surface area contributed by atoms with Crippen molar-refractivity contribution in [2.24, 2.45) is 23.5 Å². The standard InChI is InChI=1S/C18H35N3O/c1-13-8-14(2)11-21(10-13)18(3,4)12-20-17(22)15-6-5-7-16(19)9-15/h13-16H,5-12,19H2,1-4H3,(H,20,22). The Hall–Kier alpha value is -0.610. The molecule has 1 saturated heterocycles. The SMILES string of the molecule is CC1CC(C)CN(C(C)(C)CNC(=O)C2CCCC(N)C2)C1. The molecule has 1 saturated carbocycles. The van der Waals surface area contributed by atoms with E-state index in [1.165, 1.54) is 6.42 Å². The maximum absolute atomic E-state index is 12.4. The number of piperidine rings is 1. The second-order valence-electron chi connectivity index (χ2n) is 8.50. The molecule has 3 N–H and O–H groups in total. The minimum absolute atomic E-state index is 0.0232. The fourth-order valence-corrected chi connectivity index (χ4v) is 4.18. The van der Waals surface area contributed by atoms with Crippen LogP contribution in [0.2, 0.25) is 0 Å². The number of hydrogen-bond donors (Lipinski definition) is 2. The number of rotatable bonds is 4. The van der Waals surface area contributed by atoms with E-state index in [-0.39, 0.29) is 23.4 Å². The molecule has 1 aliphatic heterocycles. The van der Waals surface area contributed by atoms with Crippen molar-refractivity contribution >= 4 is 5.91 Å². The predicted octanol–water partition coefficient (Wildman–Crippen LogP) is 2.38. The third kappa shape index (κ3) is 4.69. The molecule has 0 radical (unpaired) electrons. The van der Waals surface area contributed by atoms with Crippen LogP contribution in [0.5, 0.6) is 0 Å². The zero-order chi connectivity index (χ0) is 16.3. The molecular weight excluding hydrogens is 274 g/mol. The summed E-state index contributed by atoms with van der Waals surface area (Å²) in [4.78, 5) is 15.0. The van der Waals surface area contributed by atoms with Gasteiger partial charge in [0.05, 0.1) is 0 Å². The third-order valence-electron chi connectivity index (χ3n) is 5.51. The second kappa shape index (κ2) is 7.31. The van der Waals surface area contributed by atoms with Gasteiger partial charge in [-0.05, 0) is 51.4 Å². The minimum Gasteiger partial charge on any atom is -0.354 e. The molecule has 1 aliphatic carbocycles. The second-order valence-corrected chi connectivity index (χ2v) is 8.50. The topological polar surface area (TPSA) is 58.4 Å². The Morgan fingerprint density at radius 3 is 2.41 bits per heavy atom. The van der Waals surface area contributed by atoms with Gasteiger partial charge in [-0.25, -0.2) is 0 Å². The number of nitrogens with zero attached hydrogens (tertiary/aromatic N) is 1. The monoisotopic (exact) mass is 309 g/mol. The molecule has 22 heavy (non-hydrogen) atoms. The Bertz CT molecular complexity index is 373. The van der Waals surface area contributed by atoms with E-state index >= 15 is 0 Å². The lowest BCUT2D eigenvalue weighted by Gasteiger charge is -2.45. The summed E-state index contributed by atoms with van der Waals surface area (Å²) >= 11 is 0. The van der Waals surface area contributed by atoms with Crippen LogP contribution < -0.4 is 11.1 Å². The average Bonchev–Trinajstić information content (AvgIpc) is 2.44. The predicted molar refractivity (Wildman–Crippen MR) is 91.5 cm³/mol. The largest absolute Gasteiger partial charge is 0.354 e. The molecule has 4 heteroatoms. The van der Waals surface area contributed by atoms with Crippen molar-refractivity contribution in [1.82, 2.24) is 10.2 Å². The van der Waals surface area contributed by atoms with E-state index in [0.717, 1.165) is 57.2 Å². The summed E-state index contributed by atoms with van der Waals surface area (Å²) < 4.78 is 0. The maximum atomic E-state index is 12.4. The smallest absolute Gasteiger partial charge is 0.223 e. The fourth-order valence-electron chi connectivity index (χ4n) is 4.18. The minimum atomic E-state index is 0.0232. The van der Waals surface area contributed by atoms with Crippen LogP contribution in [0.4, 0.5) is 0 Å². The van der Waals surface area contributed by atoms with Gasteiger partial charge in [-0.15, -0.1) is 0 Å². The van der Waals surface area contributed by atoms with Crippen LogP contribution in [0.25, 0.3) is 0 Å². The zero-order valence-electron chi connectivity index (χ0n) is 14.9. The van der Waals surface area contributed by atoms with Crippen LogP contribution in [0.1, 0.15) is 59.8 Å². The van der Waals surface area contributed by atoms with E-state index in [2.05, 4.69) is 37.9 Å². The van der Waals surface area contributed by atoms with Gasteiger partial charge < -0.3 is 11.1 Å². The van der Waals surface area contributed by atoms with Crippen LogP contribution in [-0.4, -0.2) is 42.0 Å². The summed E-state index contributed by atoms with van der Waals surface area (Å²) in [7, 11) is 0. The van der Waals surface area contributed by atoms with E-state index in [0.29, 0.717) is 0 Å². The number of hydrogen-bond acceptors (Lipinski definition) is 3. The molecule has 0 aromatic heterocycles. The van der Waals surface area contributed by atoms with Gasteiger partial charge in [-0.3, -0.25) is 9.69 Å². The Morgan fingerprint density at radius 1 is 1.18 bits per heavy atom. The molecular formula is C18H35N3O. The number of nitrogens with two attached hydrogens (primary N) is 1. The molecule has 4 unspecified atom stereocenters. The lowest BCUT2D eigenvalue weighted by atomic mass is 9.85. The molecule has 0 aromatic carbocycles. The number of likely N-dealkylation sites (tertiary alicyclic amines) is 1. The summed E-state index contributed by atoms with van der Waals surface area (Å²) in [5.41, 5.74) is 6.03. The molecule has 4 nitrogen and oxygen atoms in total. The van der Waals surface area contributed by atoms with E-state index in [4.69, 9.17) is 5.73 Å². The van der Waals surface area contributed by atoms with Crippen molar-refractivity contribution in [3.05, 3.63) is 0 Å². The van der Waals surface area contributed by atoms with Gasteiger partial charge >= 0.3 is 0 Å². The summed E-state index contributed by atoms with van der Waals surface area (Å²) in [6, 6.07) is 0.210. The first-order valence-electron chi connectivity index (χ1n) is 9.06. The van der Waals surface area contributed by atoms with Crippen molar-refractivity contribution < 1.29 is 4.79 Å². The van der Waals surface area contributed by atoms with Crippen LogP contribution in [0, 0.1) is 17.8 Å². The lowest BCUT2D eigenvalue weighted by molar-refractivity contribution is -0.126. The van der Waals surface area contributed by atoms with E-state index in [9.17, 15) is 4.79 Å². The first-order chi connectivity index (χ1) is 10.3. The quantitative estimate of drug-likeness (QED) is 0.838. The Balaban J connectivity index is 1.84. The molecule has 0 spiro atoms. The van der Waals surface area contributed by atoms with Gasteiger partial charge in [0.2, 0.25) is 5.91 Å². The summed E-state index contributed by atoms with van der Waals surface area (Å²) in [6.07, 6.45) is 5.32. The molecule has 1 amide bonds. The van der Waals surface area contributed by atoms with E-state index in [1.807, 2.05) is 0 Å². The number of carbonyl (C=O) groups is 1. The van der Waals surface area contributed by atoms with Crippen molar-refractivity contribution in [3.63, 3.8) is 0 Å². The highest BCUT2D eigenvalue weighted by atomic mass is 16.1. The highest BCUT2D eigenvalue weighted by Gasteiger charge is 2.34. The highest BCUT2D eigenvalue weighted by Crippen LogP contribution is 2.27. The fraction of sp³-hybridized carbons (Fsp3) is 0.944. The van der Waals surface area contributed by atoms with Crippen LogP contribution in [0.15, 0.2) is 0 Å². The van der Waals surface area contributed by atoms with Gasteiger partial charge in [0.1, 0.15) is 0 Å². The van der Waals surface area contributed by atoms with E-state index < -0.39 is 0 Å². The first-order valence-corrected chi connectivity index (χ1v) is 9.06. The molecule has 2 fully saturated rings. The van der Waals surface area contributed by atoms with Crippen molar-refractivity contribution in [2.75, 3.05) is 19.6 Å². The van der Waals surface area contributed by atoms with Crippen LogP contribution >= 0.6 is 0 Å². The maximum Gasteiger partial charge on any atom is 0.223 e. The zero-order valence-corrected chi connectivity index (χ0v) is 14.9. The Morgan fingerprint density at radius 2 is 1.82 bits per heavy atom. The summed E-state index contributed by atoms with van der Waals surface area (Å²) in [5.74, 6) is 1.82. The van der Waals surface area contributed by atoms with Crippen molar-refractivity contribution in [3.8, 4) is 0 Å². The van der Waals surface area contributed by atoms with Gasteiger partial charge in [-0.2, -0.15) is 0 Å². The van der Waals surface area contributed by atoms with Crippen LogP contribution in [-0.2, 0) is 4.79 Å². The Kier molecular flexibility index (Phi) is 5.89. The average molecular weight is 309 g/mol. The van der Waals surface area contributed by atoms with Gasteiger partial charge in [0, 0.05) is 37.1 Å². The molecule has 2 rings (SSSR count). The van der Waals surface area contributed by atoms with Gasteiger partial charge in [0.25, 0.3) is 0 Å². The summed E-state index contributed by atoms with van der Waals surface area (Å²) in [5, 5.41) is 3.20.